The van der Waals surface area contributed by atoms with E-state index in [1.165, 1.54) is 11.8 Å². The molecule has 0 aliphatic carbocycles. The first-order valence-corrected chi connectivity index (χ1v) is 6.42. The minimum Gasteiger partial charge on any atom is -0.469 e. The summed E-state index contributed by atoms with van der Waals surface area (Å²) in [5.74, 6) is 5.71. The molecule has 0 unspecified atom stereocenters. The van der Waals surface area contributed by atoms with E-state index in [2.05, 4.69) is 26.7 Å². The minimum atomic E-state index is -0.285. The van der Waals surface area contributed by atoms with E-state index in [1.54, 1.807) is 6.07 Å². The van der Waals surface area contributed by atoms with Crippen molar-refractivity contribution >= 4 is 32.8 Å². The van der Waals surface area contributed by atoms with Crippen molar-refractivity contribution in [3.63, 3.8) is 0 Å². The predicted molar refractivity (Wildman–Crippen MR) is 74.8 cm³/mol. The number of esters is 1. The van der Waals surface area contributed by atoms with Gasteiger partial charge in [-0.1, -0.05) is 15.9 Å². The number of nitriles is 1. The lowest BCUT2D eigenvalue weighted by molar-refractivity contribution is -0.140. The van der Waals surface area contributed by atoms with Crippen molar-refractivity contribution in [3.05, 3.63) is 33.9 Å². The average Bonchev–Trinajstić information content (AvgIpc) is 2.71. The van der Waals surface area contributed by atoms with Crippen LogP contribution in [0.4, 0.5) is 0 Å². The number of carbonyl (C=O) groups excluding carboxylic acids is 1. The maximum absolute atomic E-state index is 11.2. The zero-order chi connectivity index (χ0) is 14.0. The molecule has 0 saturated heterocycles. The molecule has 2 N–H and O–H groups in total. The second-order valence-electron chi connectivity index (χ2n) is 4.08. The summed E-state index contributed by atoms with van der Waals surface area (Å²) in [6.45, 7) is 0. The molecule has 0 spiro atoms. The van der Waals surface area contributed by atoms with Crippen molar-refractivity contribution in [2.45, 2.75) is 12.8 Å². The quantitative estimate of drug-likeness (QED) is 0.693. The molecule has 19 heavy (non-hydrogen) atoms. The standard InChI is InChI=1S/C13H12BrN3O2/c1-19-12(18)3-2-11-6-8-4-10(14)5-9(7-15)13(8)17(11)16/h4-6H,2-3,16H2,1H3. The first kappa shape index (κ1) is 13.4. The molecule has 2 aromatic rings. The Morgan fingerprint density at radius 1 is 1.53 bits per heavy atom. The van der Waals surface area contributed by atoms with Crippen molar-refractivity contribution in [1.82, 2.24) is 4.68 Å². The van der Waals surface area contributed by atoms with Crippen LogP contribution in [0.5, 0.6) is 0 Å². The van der Waals surface area contributed by atoms with Crippen LogP contribution in [0, 0.1) is 11.3 Å². The zero-order valence-electron chi connectivity index (χ0n) is 10.3. The highest BCUT2D eigenvalue weighted by Gasteiger charge is 2.13. The number of fused-ring (bicyclic) bond motifs is 1. The van der Waals surface area contributed by atoms with Crippen molar-refractivity contribution in [2.24, 2.45) is 0 Å². The molecule has 1 aromatic heterocycles. The Labute approximate surface area is 118 Å². The van der Waals surface area contributed by atoms with Gasteiger partial charge >= 0.3 is 5.97 Å². The largest absolute Gasteiger partial charge is 0.469 e. The molecule has 0 radical (unpaired) electrons. The van der Waals surface area contributed by atoms with E-state index in [-0.39, 0.29) is 12.4 Å². The van der Waals surface area contributed by atoms with Crippen molar-refractivity contribution in [1.29, 1.82) is 5.26 Å². The van der Waals surface area contributed by atoms with E-state index in [4.69, 9.17) is 11.1 Å². The normalized spacial score (nSPS) is 10.4. The van der Waals surface area contributed by atoms with Gasteiger partial charge in [-0.3, -0.25) is 9.47 Å². The molecule has 0 saturated carbocycles. The SMILES string of the molecule is COC(=O)CCc1cc2cc(Br)cc(C#N)c2n1N. The summed E-state index contributed by atoms with van der Waals surface area (Å²) < 4.78 is 6.88. The molecule has 6 heteroatoms. The van der Waals surface area contributed by atoms with E-state index < -0.39 is 0 Å². The average molecular weight is 322 g/mol. The van der Waals surface area contributed by atoms with Crippen LogP contribution in [0.25, 0.3) is 10.9 Å². The molecular formula is C13H12BrN3O2. The third-order valence-corrected chi connectivity index (χ3v) is 3.37. The number of aromatic nitrogens is 1. The zero-order valence-corrected chi connectivity index (χ0v) is 11.9. The summed E-state index contributed by atoms with van der Waals surface area (Å²) in [6.07, 6.45) is 0.730. The number of methoxy groups -OCH3 is 1. The third kappa shape index (κ3) is 2.56. The summed E-state index contributed by atoms with van der Waals surface area (Å²) >= 11 is 3.36. The van der Waals surface area contributed by atoms with Crippen LogP contribution in [0.2, 0.25) is 0 Å². The molecule has 1 heterocycles. The molecule has 0 amide bonds. The number of rotatable bonds is 3. The molecule has 0 atom stereocenters. The fourth-order valence-electron chi connectivity index (χ4n) is 2.00. The van der Waals surface area contributed by atoms with Crippen LogP contribution in [-0.4, -0.2) is 17.8 Å². The van der Waals surface area contributed by atoms with Gasteiger partial charge in [0.25, 0.3) is 0 Å². The number of halogens is 1. The van der Waals surface area contributed by atoms with Gasteiger partial charge in [0, 0.05) is 22.0 Å². The Morgan fingerprint density at radius 3 is 2.89 bits per heavy atom. The van der Waals surface area contributed by atoms with Crippen LogP contribution >= 0.6 is 15.9 Å². The second-order valence-corrected chi connectivity index (χ2v) is 5.00. The number of nitrogens with zero attached hydrogens (tertiary/aromatic N) is 2. The fraction of sp³-hybridized carbons (Fsp3) is 0.231. The van der Waals surface area contributed by atoms with Crippen LogP contribution in [-0.2, 0) is 16.0 Å². The summed E-state index contributed by atoms with van der Waals surface area (Å²) in [5, 5.41) is 10.0. The van der Waals surface area contributed by atoms with Crippen LogP contribution in [0.15, 0.2) is 22.7 Å². The van der Waals surface area contributed by atoms with Crippen molar-refractivity contribution in [3.8, 4) is 6.07 Å². The third-order valence-electron chi connectivity index (χ3n) is 2.91. The smallest absolute Gasteiger partial charge is 0.305 e. The summed E-state index contributed by atoms with van der Waals surface area (Å²) in [7, 11) is 1.35. The topological polar surface area (TPSA) is 81.0 Å². The van der Waals surface area contributed by atoms with Crippen molar-refractivity contribution < 1.29 is 9.53 Å². The highest BCUT2D eigenvalue weighted by Crippen LogP contribution is 2.26. The van der Waals surface area contributed by atoms with Gasteiger partial charge in [0.05, 0.1) is 24.6 Å². The van der Waals surface area contributed by atoms with Gasteiger partial charge in [-0.15, -0.1) is 0 Å². The van der Waals surface area contributed by atoms with Gasteiger partial charge in [-0.25, -0.2) is 0 Å². The number of hydrogen-bond acceptors (Lipinski definition) is 4. The molecular weight excluding hydrogens is 310 g/mol. The van der Waals surface area contributed by atoms with Crippen molar-refractivity contribution in [2.75, 3.05) is 13.0 Å². The Kier molecular flexibility index (Phi) is 3.76. The van der Waals surface area contributed by atoms with Gasteiger partial charge in [-0.2, -0.15) is 5.26 Å². The van der Waals surface area contributed by atoms with Gasteiger partial charge in [-0.05, 0) is 18.2 Å². The molecule has 1 aromatic carbocycles. The van der Waals surface area contributed by atoms with Crippen LogP contribution in [0.3, 0.4) is 0 Å². The van der Waals surface area contributed by atoms with Gasteiger partial charge in [0.1, 0.15) is 6.07 Å². The first-order chi connectivity index (χ1) is 9.06. The molecule has 0 fully saturated rings. The Balaban J connectivity index is 2.45. The number of benzene rings is 1. The molecule has 0 aliphatic heterocycles. The molecule has 0 bridgehead atoms. The summed E-state index contributed by atoms with van der Waals surface area (Å²) in [5.41, 5.74) is 1.96. The highest BCUT2D eigenvalue weighted by molar-refractivity contribution is 9.10. The number of aryl methyl sites for hydroxylation is 1. The number of ether oxygens (including phenoxy) is 1. The van der Waals surface area contributed by atoms with E-state index in [0.717, 1.165) is 15.6 Å². The van der Waals surface area contributed by atoms with Crippen LogP contribution < -0.4 is 5.84 Å². The van der Waals surface area contributed by atoms with Gasteiger partial charge < -0.3 is 10.6 Å². The van der Waals surface area contributed by atoms with E-state index in [9.17, 15) is 4.79 Å². The number of nitrogens with two attached hydrogens (primary N) is 1. The monoisotopic (exact) mass is 321 g/mol. The van der Waals surface area contributed by atoms with E-state index >= 15 is 0 Å². The Bertz CT molecular complexity index is 685. The van der Waals surface area contributed by atoms with Gasteiger partial charge in [0.15, 0.2) is 0 Å². The van der Waals surface area contributed by atoms with Gasteiger partial charge in [0.2, 0.25) is 0 Å². The van der Waals surface area contributed by atoms with E-state index in [1.807, 2.05) is 12.1 Å². The molecule has 2 rings (SSSR count). The highest BCUT2D eigenvalue weighted by atomic mass is 79.9. The second kappa shape index (κ2) is 5.33. The number of hydrogen-bond donors (Lipinski definition) is 1. The Hall–Kier alpha value is -2.00. The molecule has 5 nitrogen and oxygen atoms in total. The number of nitrogen functional groups attached to an aromatic ring is 1. The summed E-state index contributed by atoms with van der Waals surface area (Å²) in [4.78, 5) is 11.2. The van der Waals surface area contributed by atoms with E-state index in [0.29, 0.717) is 17.5 Å². The predicted octanol–water partition coefficient (Wildman–Crippen LogP) is 2.09. The maximum atomic E-state index is 11.2. The first-order valence-electron chi connectivity index (χ1n) is 5.62. The fourth-order valence-corrected chi connectivity index (χ4v) is 2.48. The maximum Gasteiger partial charge on any atom is 0.305 e. The Morgan fingerprint density at radius 2 is 2.26 bits per heavy atom. The molecule has 98 valence electrons. The summed E-state index contributed by atoms with van der Waals surface area (Å²) in [6, 6.07) is 7.61. The lowest BCUT2D eigenvalue weighted by Crippen LogP contribution is -2.14. The van der Waals surface area contributed by atoms with Crippen LogP contribution in [0.1, 0.15) is 17.7 Å². The molecule has 0 aliphatic rings. The number of carbonyl (C=O) groups is 1. The lowest BCUT2D eigenvalue weighted by Gasteiger charge is -2.04. The minimum absolute atomic E-state index is 0.257. The lowest BCUT2D eigenvalue weighted by atomic mass is 10.1.